The van der Waals surface area contributed by atoms with Crippen molar-refractivity contribution < 1.29 is 9.53 Å². The Labute approximate surface area is 202 Å². The summed E-state index contributed by atoms with van der Waals surface area (Å²) in [5.74, 6) is 1.08. The predicted molar refractivity (Wildman–Crippen MR) is 132 cm³/mol. The van der Waals surface area contributed by atoms with E-state index in [-0.39, 0.29) is 5.91 Å². The highest BCUT2D eigenvalue weighted by Gasteiger charge is 2.33. The summed E-state index contributed by atoms with van der Waals surface area (Å²) in [6.45, 7) is 2.23. The molecule has 2 heterocycles. The number of anilines is 2. The fraction of sp³-hybridized carbons (Fsp3) is 0.115. The zero-order chi connectivity index (χ0) is 23.5. The van der Waals surface area contributed by atoms with Crippen LogP contribution in [0.3, 0.4) is 0 Å². The Morgan fingerprint density at radius 2 is 1.79 bits per heavy atom. The molecule has 170 valence electrons. The third-order valence-corrected chi connectivity index (χ3v) is 5.99. The van der Waals surface area contributed by atoms with Crippen LogP contribution in [0.2, 0.25) is 5.02 Å². The van der Waals surface area contributed by atoms with E-state index in [0.29, 0.717) is 28.9 Å². The average molecular weight is 472 g/mol. The fourth-order valence-electron chi connectivity index (χ4n) is 3.94. The summed E-state index contributed by atoms with van der Waals surface area (Å²) in [6, 6.07) is 24.2. The third kappa shape index (κ3) is 4.38. The highest BCUT2D eigenvalue weighted by Crippen LogP contribution is 2.35. The van der Waals surface area contributed by atoms with E-state index < -0.39 is 6.04 Å². The quantitative estimate of drug-likeness (QED) is 0.391. The lowest BCUT2D eigenvalue weighted by Crippen LogP contribution is -2.31. The van der Waals surface area contributed by atoms with Gasteiger partial charge in [-0.3, -0.25) is 4.79 Å². The second kappa shape index (κ2) is 9.41. The van der Waals surface area contributed by atoms with Crippen LogP contribution >= 0.6 is 11.6 Å². The highest BCUT2D eigenvalue weighted by atomic mass is 35.5. The van der Waals surface area contributed by atoms with Crippen molar-refractivity contribution in [1.29, 1.82) is 0 Å². The molecular formula is C26H22ClN5O2. The molecule has 1 amide bonds. The minimum atomic E-state index is -0.444. The highest BCUT2D eigenvalue weighted by molar-refractivity contribution is 6.31. The first kappa shape index (κ1) is 21.7. The van der Waals surface area contributed by atoms with E-state index >= 15 is 0 Å². The molecule has 7 nitrogen and oxygen atoms in total. The molecule has 4 aromatic rings. The van der Waals surface area contributed by atoms with Gasteiger partial charge in [0, 0.05) is 22.0 Å². The van der Waals surface area contributed by atoms with Crippen LogP contribution in [0.5, 0.6) is 5.75 Å². The number of nitrogens with zero attached hydrogens (tertiary/aromatic N) is 3. The number of fused-ring (bicyclic) bond motifs is 1. The van der Waals surface area contributed by atoms with Gasteiger partial charge in [-0.05, 0) is 42.8 Å². The summed E-state index contributed by atoms with van der Waals surface area (Å²) in [4.78, 5) is 17.6. The van der Waals surface area contributed by atoms with Crippen LogP contribution in [-0.2, 0) is 11.4 Å². The lowest BCUT2D eigenvalue weighted by atomic mass is 9.95. The Morgan fingerprint density at radius 1 is 1.06 bits per heavy atom. The predicted octanol–water partition coefficient (Wildman–Crippen LogP) is 5.44. The van der Waals surface area contributed by atoms with Gasteiger partial charge in [-0.25, -0.2) is 4.68 Å². The van der Waals surface area contributed by atoms with Crippen LogP contribution < -0.4 is 15.4 Å². The van der Waals surface area contributed by atoms with Gasteiger partial charge in [0.05, 0.1) is 5.57 Å². The van der Waals surface area contributed by atoms with Crippen molar-refractivity contribution in [1.82, 2.24) is 14.8 Å². The SMILES string of the molecule is CC1=C(C(=O)Nc2ccccc2)[C@H](c2ccc(OCc3ccccc3Cl)cc2)n2ncnc2N1. The number of hydrogen-bond acceptors (Lipinski definition) is 5. The Hall–Kier alpha value is -4.10. The second-order valence-corrected chi connectivity index (χ2v) is 8.27. The first-order valence-electron chi connectivity index (χ1n) is 10.8. The number of aromatic nitrogens is 3. The molecule has 1 aromatic heterocycles. The molecule has 0 fully saturated rings. The average Bonchev–Trinajstić information content (AvgIpc) is 3.32. The summed E-state index contributed by atoms with van der Waals surface area (Å²) in [6.07, 6.45) is 1.47. The minimum Gasteiger partial charge on any atom is -0.489 e. The number of nitrogens with one attached hydrogen (secondary N) is 2. The minimum absolute atomic E-state index is 0.207. The Bertz CT molecular complexity index is 1350. The summed E-state index contributed by atoms with van der Waals surface area (Å²) >= 11 is 6.23. The molecular weight excluding hydrogens is 450 g/mol. The zero-order valence-corrected chi connectivity index (χ0v) is 19.2. The van der Waals surface area contributed by atoms with Gasteiger partial charge in [0.1, 0.15) is 24.7 Å². The van der Waals surface area contributed by atoms with Crippen molar-refractivity contribution in [2.45, 2.75) is 19.6 Å². The van der Waals surface area contributed by atoms with E-state index in [1.807, 2.05) is 85.8 Å². The Kier molecular flexibility index (Phi) is 6.01. The van der Waals surface area contributed by atoms with Crippen molar-refractivity contribution in [3.8, 4) is 5.75 Å². The number of benzene rings is 3. The summed E-state index contributed by atoms with van der Waals surface area (Å²) < 4.78 is 7.64. The molecule has 0 spiro atoms. The second-order valence-electron chi connectivity index (χ2n) is 7.86. The van der Waals surface area contributed by atoms with E-state index in [1.165, 1.54) is 6.33 Å². The number of halogens is 1. The Balaban J connectivity index is 1.42. The number of allylic oxidation sites excluding steroid dienone is 1. The summed E-state index contributed by atoms with van der Waals surface area (Å²) in [5, 5.41) is 11.2. The van der Waals surface area contributed by atoms with Crippen LogP contribution in [0.15, 0.2) is 96.5 Å². The maximum atomic E-state index is 13.3. The maximum Gasteiger partial charge on any atom is 0.255 e. The lowest BCUT2D eigenvalue weighted by molar-refractivity contribution is -0.113. The van der Waals surface area contributed by atoms with Gasteiger partial charge in [0.15, 0.2) is 0 Å². The summed E-state index contributed by atoms with van der Waals surface area (Å²) in [5.41, 5.74) is 3.80. The zero-order valence-electron chi connectivity index (χ0n) is 18.4. The molecule has 0 aliphatic carbocycles. The van der Waals surface area contributed by atoms with E-state index in [4.69, 9.17) is 16.3 Å². The molecule has 34 heavy (non-hydrogen) atoms. The Morgan fingerprint density at radius 3 is 2.56 bits per heavy atom. The van der Waals surface area contributed by atoms with Crippen molar-refractivity contribution in [3.63, 3.8) is 0 Å². The van der Waals surface area contributed by atoms with E-state index in [0.717, 1.165) is 22.5 Å². The molecule has 1 atom stereocenters. The smallest absolute Gasteiger partial charge is 0.255 e. The number of amides is 1. The van der Waals surface area contributed by atoms with Crippen molar-refractivity contribution in [2.75, 3.05) is 10.6 Å². The van der Waals surface area contributed by atoms with Crippen LogP contribution in [0.1, 0.15) is 24.1 Å². The van der Waals surface area contributed by atoms with Gasteiger partial charge in [-0.2, -0.15) is 10.1 Å². The number of carbonyl (C=O) groups excluding carboxylic acids is 1. The molecule has 0 saturated heterocycles. The van der Waals surface area contributed by atoms with Gasteiger partial charge in [0.25, 0.3) is 5.91 Å². The molecule has 0 radical (unpaired) electrons. The van der Waals surface area contributed by atoms with Gasteiger partial charge >= 0.3 is 0 Å². The fourth-order valence-corrected chi connectivity index (χ4v) is 4.13. The van der Waals surface area contributed by atoms with Gasteiger partial charge < -0.3 is 15.4 Å². The molecule has 0 bridgehead atoms. The monoisotopic (exact) mass is 471 g/mol. The van der Waals surface area contributed by atoms with Crippen molar-refractivity contribution >= 4 is 29.1 Å². The van der Waals surface area contributed by atoms with Crippen LogP contribution in [0, 0.1) is 0 Å². The van der Waals surface area contributed by atoms with Crippen LogP contribution in [-0.4, -0.2) is 20.7 Å². The van der Waals surface area contributed by atoms with Crippen LogP contribution in [0.4, 0.5) is 11.6 Å². The number of para-hydroxylation sites is 1. The number of rotatable bonds is 6. The lowest BCUT2D eigenvalue weighted by Gasteiger charge is -2.28. The topological polar surface area (TPSA) is 81.1 Å². The normalized spacial score (nSPS) is 14.8. The molecule has 1 aliphatic rings. The maximum absolute atomic E-state index is 13.3. The van der Waals surface area contributed by atoms with E-state index in [1.54, 1.807) is 4.68 Å². The van der Waals surface area contributed by atoms with E-state index in [2.05, 4.69) is 20.7 Å². The molecule has 0 unspecified atom stereocenters. The van der Waals surface area contributed by atoms with Gasteiger partial charge in [-0.1, -0.05) is 60.1 Å². The third-order valence-electron chi connectivity index (χ3n) is 5.62. The molecule has 8 heteroatoms. The van der Waals surface area contributed by atoms with Crippen molar-refractivity contribution in [3.05, 3.63) is 113 Å². The van der Waals surface area contributed by atoms with Crippen molar-refractivity contribution in [2.24, 2.45) is 0 Å². The van der Waals surface area contributed by atoms with Gasteiger partial charge in [0.2, 0.25) is 5.95 Å². The first-order valence-corrected chi connectivity index (χ1v) is 11.2. The standard InChI is InChI=1S/C26H22ClN5O2/c1-17-23(25(33)31-20-8-3-2-4-9-20)24(32-26(30-17)28-16-29-32)18-11-13-21(14-12-18)34-15-19-7-5-6-10-22(19)27/h2-14,16,24H,15H2,1H3,(H,31,33)(H,28,29,30)/t24-/m0/s1. The van der Waals surface area contributed by atoms with Gasteiger partial charge in [-0.15, -0.1) is 0 Å². The first-order chi connectivity index (χ1) is 16.6. The van der Waals surface area contributed by atoms with Crippen LogP contribution in [0.25, 0.3) is 0 Å². The molecule has 1 aliphatic heterocycles. The molecule has 2 N–H and O–H groups in total. The number of hydrogen-bond donors (Lipinski definition) is 2. The number of ether oxygens (including phenoxy) is 1. The molecule has 5 rings (SSSR count). The largest absolute Gasteiger partial charge is 0.489 e. The summed E-state index contributed by atoms with van der Waals surface area (Å²) in [7, 11) is 0. The van der Waals surface area contributed by atoms with E-state index in [9.17, 15) is 4.79 Å². The molecule has 3 aromatic carbocycles. The molecule has 0 saturated carbocycles. The number of carbonyl (C=O) groups is 1.